The highest BCUT2D eigenvalue weighted by Gasteiger charge is 2.39. The summed E-state index contributed by atoms with van der Waals surface area (Å²) in [4.78, 5) is 0. The van der Waals surface area contributed by atoms with Gasteiger partial charge in [0.2, 0.25) is 0 Å². The fourth-order valence-corrected chi connectivity index (χ4v) is 1.29. The van der Waals surface area contributed by atoms with Crippen molar-refractivity contribution in [2.45, 2.75) is 39.2 Å². The second kappa shape index (κ2) is 3.40. The van der Waals surface area contributed by atoms with Crippen LogP contribution in [0.4, 0.5) is 0 Å². The van der Waals surface area contributed by atoms with Gasteiger partial charge in [0, 0.05) is 12.6 Å². The maximum Gasteiger partial charge on any atom is 0.0219 e. The Bertz CT molecular complexity index is 136. The number of hydrogen-bond donors (Lipinski definition) is 1. The van der Waals surface area contributed by atoms with Crippen LogP contribution in [0.25, 0.3) is 0 Å². The van der Waals surface area contributed by atoms with Crippen LogP contribution in [0.5, 0.6) is 0 Å². The average Bonchev–Trinajstić information content (AvgIpc) is 2.81. The summed E-state index contributed by atoms with van der Waals surface area (Å²) < 4.78 is 0. The van der Waals surface area contributed by atoms with Crippen molar-refractivity contribution in [3.63, 3.8) is 0 Å². The molecule has 1 N–H and O–H groups in total. The molecule has 0 radical (unpaired) electrons. The molecule has 1 saturated carbocycles. The third kappa shape index (κ3) is 2.33. The van der Waals surface area contributed by atoms with E-state index in [0.717, 1.165) is 0 Å². The largest absolute Gasteiger partial charge is 0.310 e. The van der Waals surface area contributed by atoms with Crippen LogP contribution in [0.1, 0.15) is 33.1 Å². The van der Waals surface area contributed by atoms with Crippen molar-refractivity contribution in [2.24, 2.45) is 5.41 Å². The van der Waals surface area contributed by atoms with E-state index in [1.54, 1.807) is 0 Å². The van der Waals surface area contributed by atoms with E-state index in [-0.39, 0.29) is 0 Å². The van der Waals surface area contributed by atoms with Crippen molar-refractivity contribution in [1.29, 1.82) is 0 Å². The summed E-state index contributed by atoms with van der Waals surface area (Å²) in [5.74, 6) is 0. The van der Waals surface area contributed by atoms with Crippen molar-refractivity contribution < 1.29 is 0 Å². The van der Waals surface area contributed by atoms with Gasteiger partial charge < -0.3 is 5.32 Å². The maximum absolute atomic E-state index is 3.75. The molecule has 1 aliphatic carbocycles. The molecule has 0 spiro atoms. The van der Waals surface area contributed by atoms with Crippen LogP contribution in [0.2, 0.25) is 0 Å². The summed E-state index contributed by atoms with van der Waals surface area (Å²) in [5, 5.41) is 3.47. The molecule has 0 aromatic rings. The maximum atomic E-state index is 3.75. The second-order valence-electron chi connectivity index (χ2n) is 3.76. The number of hydrogen-bond acceptors (Lipinski definition) is 1. The quantitative estimate of drug-likeness (QED) is 0.598. The predicted molar refractivity (Wildman–Crippen MR) is 49.6 cm³/mol. The van der Waals surface area contributed by atoms with Crippen LogP contribution >= 0.6 is 0 Å². The smallest absolute Gasteiger partial charge is 0.0219 e. The molecule has 0 aromatic carbocycles. The Kier molecular flexibility index (Phi) is 2.72. The molecule has 1 atom stereocenters. The molecule has 0 bridgehead atoms. The summed E-state index contributed by atoms with van der Waals surface area (Å²) in [6, 6.07) is 0.471. The molecule has 64 valence electrons. The average molecular weight is 153 g/mol. The van der Waals surface area contributed by atoms with Gasteiger partial charge in [0.05, 0.1) is 0 Å². The molecule has 0 aliphatic heterocycles. The Hall–Kier alpha value is -0.300. The van der Waals surface area contributed by atoms with Gasteiger partial charge in [-0.2, -0.15) is 0 Å². The van der Waals surface area contributed by atoms with Gasteiger partial charge in [0.1, 0.15) is 0 Å². The normalized spacial score (nSPS) is 22.7. The molecule has 0 amide bonds. The molecule has 1 fully saturated rings. The highest BCUT2D eigenvalue weighted by atomic mass is 14.9. The minimum Gasteiger partial charge on any atom is -0.310 e. The molecule has 1 heteroatoms. The van der Waals surface area contributed by atoms with E-state index in [1.165, 1.54) is 25.8 Å². The minimum absolute atomic E-state index is 0.471. The van der Waals surface area contributed by atoms with Gasteiger partial charge in [-0.15, -0.1) is 6.58 Å². The zero-order valence-corrected chi connectivity index (χ0v) is 7.69. The zero-order chi connectivity index (χ0) is 8.32. The highest BCUT2D eigenvalue weighted by molar-refractivity contribution is 4.95. The van der Waals surface area contributed by atoms with Crippen LogP contribution in [0, 0.1) is 5.41 Å². The van der Waals surface area contributed by atoms with Gasteiger partial charge in [-0.3, -0.25) is 0 Å². The molecule has 0 aromatic heterocycles. The fraction of sp³-hybridized carbons (Fsp3) is 0.800. The lowest BCUT2D eigenvalue weighted by atomic mass is 10.0. The Morgan fingerprint density at radius 2 is 2.27 bits per heavy atom. The monoisotopic (exact) mass is 153 g/mol. The van der Waals surface area contributed by atoms with E-state index < -0.39 is 0 Å². The highest BCUT2D eigenvalue weighted by Crippen LogP contribution is 2.47. The van der Waals surface area contributed by atoms with Crippen molar-refractivity contribution in [1.82, 2.24) is 5.32 Å². The molecule has 0 heterocycles. The first-order valence-corrected chi connectivity index (χ1v) is 4.58. The van der Waals surface area contributed by atoms with E-state index in [0.29, 0.717) is 11.5 Å². The molecule has 1 aliphatic rings. The first-order valence-electron chi connectivity index (χ1n) is 4.58. The van der Waals surface area contributed by atoms with Crippen LogP contribution in [-0.4, -0.2) is 12.6 Å². The molecule has 1 rings (SSSR count). The van der Waals surface area contributed by atoms with Gasteiger partial charge in [0.15, 0.2) is 0 Å². The number of rotatable bonds is 5. The third-order valence-electron chi connectivity index (χ3n) is 2.86. The van der Waals surface area contributed by atoms with Crippen molar-refractivity contribution in [3.8, 4) is 0 Å². The van der Waals surface area contributed by atoms with Crippen LogP contribution < -0.4 is 5.32 Å². The van der Waals surface area contributed by atoms with Crippen molar-refractivity contribution >= 4 is 0 Å². The molecule has 0 saturated heterocycles. The topological polar surface area (TPSA) is 12.0 Å². The Morgan fingerprint density at radius 3 is 2.64 bits per heavy atom. The summed E-state index contributed by atoms with van der Waals surface area (Å²) in [6.45, 7) is 9.36. The third-order valence-corrected chi connectivity index (χ3v) is 2.86. The standard InChI is InChI=1S/C10H19N/c1-4-9(3)11-8-10(5-2)6-7-10/h4,9,11H,1,5-8H2,2-3H3. The van der Waals surface area contributed by atoms with E-state index in [4.69, 9.17) is 0 Å². The lowest BCUT2D eigenvalue weighted by molar-refractivity contribution is 0.431. The number of nitrogens with one attached hydrogen (secondary N) is 1. The van der Waals surface area contributed by atoms with E-state index in [2.05, 4.69) is 25.7 Å². The summed E-state index contributed by atoms with van der Waals surface area (Å²) in [5.41, 5.74) is 0.664. The second-order valence-corrected chi connectivity index (χ2v) is 3.76. The first kappa shape index (κ1) is 8.79. The molecular formula is C10H19N. The first-order chi connectivity index (χ1) is 5.22. The van der Waals surface area contributed by atoms with Gasteiger partial charge >= 0.3 is 0 Å². The molecule has 11 heavy (non-hydrogen) atoms. The van der Waals surface area contributed by atoms with Gasteiger partial charge in [-0.25, -0.2) is 0 Å². The fourth-order valence-electron chi connectivity index (χ4n) is 1.29. The lowest BCUT2D eigenvalue weighted by Gasteiger charge is -2.15. The summed E-state index contributed by atoms with van der Waals surface area (Å²) >= 11 is 0. The van der Waals surface area contributed by atoms with Gasteiger partial charge in [0.25, 0.3) is 0 Å². The van der Waals surface area contributed by atoms with Gasteiger partial charge in [-0.05, 0) is 31.6 Å². The summed E-state index contributed by atoms with van der Waals surface area (Å²) in [7, 11) is 0. The summed E-state index contributed by atoms with van der Waals surface area (Å²) in [6.07, 6.45) is 6.12. The van der Waals surface area contributed by atoms with E-state index >= 15 is 0 Å². The Balaban J connectivity index is 2.16. The Labute approximate surface area is 69.9 Å². The molecular weight excluding hydrogens is 134 g/mol. The Morgan fingerprint density at radius 1 is 1.64 bits per heavy atom. The predicted octanol–water partition coefficient (Wildman–Crippen LogP) is 2.34. The molecule has 1 nitrogen and oxygen atoms in total. The van der Waals surface area contributed by atoms with Crippen LogP contribution in [-0.2, 0) is 0 Å². The van der Waals surface area contributed by atoms with Crippen LogP contribution in [0.15, 0.2) is 12.7 Å². The minimum atomic E-state index is 0.471. The molecule has 1 unspecified atom stereocenters. The lowest BCUT2D eigenvalue weighted by Crippen LogP contribution is -2.30. The van der Waals surface area contributed by atoms with Gasteiger partial charge in [-0.1, -0.05) is 13.0 Å². The van der Waals surface area contributed by atoms with Crippen molar-refractivity contribution in [3.05, 3.63) is 12.7 Å². The SMILES string of the molecule is C=CC(C)NCC1(CC)CC1. The zero-order valence-electron chi connectivity index (χ0n) is 7.69. The van der Waals surface area contributed by atoms with Crippen LogP contribution in [0.3, 0.4) is 0 Å². The van der Waals surface area contributed by atoms with E-state index in [1.807, 2.05) is 6.08 Å². The van der Waals surface area contributed by atoms with E-state index in [9.17, 15) is 0 Å². The van der Waals surface area contributed by atoms with Crippen molar-refractivity contribution in [2.75, 3.05) is 6.54 Å².